The third-order valence-corrected chi connectivity index (χ3v) is 6.08. The lowest BCUT2D eigenvalue weighted by molar-refractivity contribution is -0.109. The highest BCUT2D eigenvalue weighted by Gasteiger charge is 2.21. The van der Waals surface area contributed by atoms with Gasteiger partial charge in [-0.25, -0.2) is 18.7 Å². The molecule has 0 amide bonds. The Balaban J connectivity index is 0.00000274. The molecule has 1 aromatic carbocycles. The van der Waals surface area contributed by atoms with E-state index in [0.29, 0.717) is 29.3 Å². The highest BCUT2D eigenvalue weighted by Crippen LogP contribution is 2.29. The van der Waals surface area contributed by atoms with Crippen LogP contribution in [0.25, 0.3) is 16.9 Å². The van der Waals surface area contributed by atoms with Crippen molar-refractivity contribution in [1.29, 1.82) is 0 Å². The molecule has 0 radical (unpaired) electrons. The first-order valence-electron chi connectivity index (χ1n) is 10.8. The fraction of sp³-hybridized carbons (Fsp3) is 0.304. The second-order valence-corrected chi connectivity index (χ2v) is 8.23. The lowest BCUT2D eigenvalue weighted by Crippen LogP contribution is -2.35. The van der Waals surface area contributed by atoms with Crippen molar-refractivity contribution < 1.29 is 13.6 Å². The number of halogens is 3. The molecule has 3 aromatic heterocycles. The lowest BCUT2D eigenvalue weighted by atomic mass is 10.1. The Bertz CT molecular complexity index is 1310. The predicted molar refractivity (Wildman–Crippen MR) is 127 cm³/mol. The minimum atomic E-state index is -0.656. The predicted octanol–water partition coefficient (Wildman–Crippen LogP) is 4.18. The Kier molecular flexibility index (Phi) is 6.90. The normalized spacial score (nSPS) is 14.8. The number of aldehydes is 1. The molecule has 8 nitrogen and oxygen atoms in total. The van der Waals surface area contributed by atoms with Gasteiger partial charge in [0.15, 0.2) is 11.5 Å². The average molecular weight is 488 g/mol. The zero-order valence-corrected chi connectivity index (χ0v) is 19.3. The highest BCUT2D eigenvalue weighted by atomic mass is 35.5. The maximum Gasteiger partial charge on any atom is 0.180 e. The molecule has 0 spiro atoms. The van der Waals surface area contributed by atoms with Gasteiger partial charge in [-0.2, -0.15) is 5.10 Å². The number of nitrogens with one attached hydrogen (secondary N) is 1. The molecule has 1 aliphatic heterocycles. The molecule has 4 aromatic rings. The van der Waals surface area contributed by atoms with E-state index < -0.39 is 11.6 Å². The number of hydrogen-bond donors (Lipinski definition) is 1. The van der Waals surface area contributed by atoms with Crippen LogP contribution in [0.2, 0.25) is 0 Å². The van der Waals surface area contributed by atoms with Crippen LogP contribution in [0.15, 0.2) is 43.1 Å². The molecule has 34 heavy (non-hydrogen) atoms. The van der Waals surface area contributed by atoms with Crippen molar-refractivity contribution in [3.05, 3.63) is 60.3 Å². The van der Waals surface area contributed by atoms with Gasteiger partial charge in [0.2, 0.25) is 0 Å². The summed E-state index contributed by atoms with van der Waals surface area (Å²) in [6.45, 7) is 3.80. The number of carbonyl (C=O) groups excluding carboxylic acids is 1. The fourth-order valence-electron chi connectivity index (χ4n) is 4.27. The van der Waals surface area contributed by atoms with Crippen LogP contribution < -0.4 is 5.32 Å². The molecule has 0 bridgehead atoms. The highest BCUT2D eigenvalue weighted by molar-refractivity contribution is 5.85. The van der Waals surface area contributed by atoms with Gasteiger partial charge in [-0.05, 0) is 31.4 Å². The van der Waals surface area contributed by atoms with Gasteiger partial charge in [0, 0.05) is 43.3 Å². The van der Waals surface area contributed by atoms with Gasteiger partial charge in [0.1, 0.15) is 17.9 Å². The van der Waals surface area contributed by atoms with E-state index in [1.165, 1.54) is 6.07 Å². The summed E-state index contributed by atoms with van der Waals surface area (Å²) in [5, 5.41) is 7.74. The zero-order valence-electron chi connectivity index (χ0n) is 18.5. The number of aryl methyl sites for hydroxylation is 1. The topological polar surface area (TPSA) is 80.3 Å². The average Bonchev–Trinajstić information content (AvgIpc) is 3.48. The van der Waals surface area contributed by atoms with Crippen molar-refractivity contribution in [2.45, 2.75) is 25.8 Å². The van der Waals surface area contributed by atoms with Crippen molar-refractivity contribution in [3.8, 4) is 11.3 Å². The summed E-state index contributed by atoms with van der Waals surface area (Å²) in [5.74, 6) is -0.741. The maximum absolute atomic E-state index is 14.5. The number of rotatable bonds is 6. The molecule has 0 atom stereocenters. The van der Waals surface area contributed by atoms with Crippen molar-refractivity contribution >= 4 is 35.8 Å². The molecule has 0 aliphatic carbocycles. The molecule has 178 valence electrons. The number of aromatic nitrogens is 5. The number of fused-ring (bicyclic) bond motifs is 1. The summed E-state index contributed by atoms with van der Waals surface area (Å²) < 4.78 is 31.9. The summed E-state index contributed by atoms with van der Waals surface area (Å²) in [6.07, 6.45) is 11.3. The van der Waals surface area contributed by atoms with Gasteiger partial charge in [0.25, 0.3) is 0 Å². The number of likely N-dealkylation sites (tertiary alicyclic amines) is 1. The quantitative estimate of drug-likeness (QED) is 0.411. The van der Waals surface area contributed by atoms with E-state index in [0.717, 1.165) is 44.0 Å². The monoisotopic (exact) mass is 487 g/mol. The van der Waals surface area contributed by atoms with Gasteiger partial charge in [-0.15, -0.1) is 12.4 Å². The Labute approximate surface area is 201 Å². The summed E-state index contributed by atoms with van der Waals surface area (Å²) in [6, 6.07) is 2.63. The second kappa shape index (κ2) is 9.86. The molecule has 4 heterocycles. The fourth-order valence-corrected chi connectivity index (χ4v) is 4.27. The first kappa shape index (κ1) is 23.8. The molecular formula is C23H24ClF2N7O. The van der Waals surface area contributed by atoms with E-state index in [2.05, 4.69) is 25.3 Å². The summed E-state index contributed by atoms with van der Waals surface area (Å²) in [5.41, 5.74) is 2.37. The van der Waals surface area contributed by atoms with E-state index in [4.69, 9.17) is 0 Å². The zero-order chi connectivity index (χ0) is 22.9. The largest absolute Gasteiger partial charge is 0.335 e. The standard InChI is InChI=1S/C23H23F2N7O.ClH/c1-15-10-18(20(25)11-19(15)24)21-13-27-22(23-26-4-7-31(21)23)29-16-12-28-32(14-16)17-2-5-30(6-3-17)8-9-33;/h4,7,9-14,17H,2-3,5-6,8H2,1H3,(H,27,29);1H. The Morgan fingerprint density at radius 2 is 1.94 bits per heavy atom. The van der Waals surface area contributed by atoms with Gasteiger partial charge < -0.3 is 10.1 Å². The third kappa shape index (κ3) is 4.51. The minimum absolute atomic E-state index is 0. The summed E-state index contributed by atoms with van der Waals surface area (Å²) in [7, 11) is 0. The lowest BCUT2D eigenvalue weighted by Gasteiger charge is -2.30. The van der Waals surface area contributed by atoms with E-state index in [9.17, 15) is 13.6 Å². The van der Waals surface area contributed by atoms with Crippen LogP contribution in [0.1, 0.15) is 24.4 Å². The number of benzene rings is 1. The molecule has 0 unspecified atom stereocenters. The van der Waals surface area contributed by atoms with Crippen LogP contribution in [0.4, 0.5) is 20.3 Å². The maximum atomic E-state index is 14.5. The first-order chi connectivity index (χ1) is 16.0. The Morgan fingerprint density at radius 1 is 1.15 bits per heavy atom. The van der Waals surface area contributed by atoms with Gasteiger partial charge in [-0.1, -0.05) is 0 Å². The SMILES string of the molecule is Cc1cc(-c2cnc(Nc3cnn(C4CCN(CC=O)CC4)c3)c3nccn23)c(F)cc1F.Cl. The summed E-state index contributed by atoms with van der Waals surface area (Å²) >= 11 is 0. The summed E-state index contributed by atoms with van der Waals surface area (Å²) in [4.78, 5) is 21.7. The van der Waals surface area contributed by atoms with Gasteiger partial charge in [-0.3, -0.25) is 14.0 Å². The second-order valence-electron chi connectivity index (χ2n) is 8.23. The molecule has 1 saturated heterocycles. The number of nitrogens with zero attached hydrogens (tertiary/aromatic N) is 6. The van der Waals surface area contributed by atoms with Gasteiger partial charge in [0.05, 0.1) is 36.4 Å². The number of imidazole rings is 1. The third-order valence-electron chi connectivity index (χ3n) is 6.08. The van der Waals surface area contributed by atoms with Crippen LogP contribution >= 0.6 is 12.4 Å². The van der Waals surface area contributed by atoms with Crippen LogP contribution in [0.5, 0.6) is 0 Å². The molecule has 11 heteroatoms. The number of piperidine rings is 1. The molecular weight excluding hydrogens is 464 g/mol. The van der Waals surface area contributed by atoms with Crippen LogP contribution in [0.3, 0.4) is 0 Å². The van der Waals surface area contributed by atoms with E-state index in [1.807, 2.05) is 10.9 Å². The van der Waals surface area contributed by atoms with Crippen molar-refractivity contribution in [2.24, 2.45) is 0 Å². The first-order valence-corrected chi connectivity index (χ1v) is 10.8. The number of carbonyl (C=O) groups is 1. The number of hydrogen-bond acceptors (Lipinski definition) is 6. The van der Waals surface area contributed by atoms with Crippen molar-refractivity contribution in [1.82, 2.24) is 29.0 Å². The van der Waals surface area contributed by atoms with Crippen molar-refractivity contribution in [3.63, 3.8) is 0 Å². The molecule has 5 rings (SSSR count). The molecule has 0 saturated carbocycles. The molecule has 1 fully saturated rings. The van der Waals surface area contributed by atoms with Crippen LogP contribution in [-0.4, -0.2) is 55.0 Å². The van der Waals surface area contributed by atoms with Gasteiger partial charge >= 0.3 is 0 Å². The van der Waals surface area contributed by atoms with E-state index in [1.54, 1.807) is 36.1 Å². The molecule has 1 N–H and O–H groups in total. The Morgan fingerprint density at radius 3 is 2.71 bits per heavy atom. The van der Waals surface area contributed by atoms with E-state index in [-0.39, 0.29) is 24.0 Å². The minimum Gasteiger partial charge on any atom is -0.335 e. The smallest absolute Gasteiger partial charge is 0.180 e. The van der Waals surface area contributed by atoms with Crippen LogP contribution in [-0.2, 0) is 4.79 Å². The Hall–Kier alpha value is -3.37. The van der Waals surface area contributed by atoms with E-state index >= 15 is 0 Å². The number of anilines is 2. The van der Waals surface area contributed by atoms with Crippen molar-refractivity contribution in [2.75, 3.05) is 25.0 Å². The van der Waals surface area contributed by atoms with Crippen LogP contribution in [0, 0.1) is 18.6 Å². The molecule has 1 aliphatic rings.